The normalized spacial score (nSPS) is 16.0. The van der Waals surface area contributed by atoms with Gasteiger partial charge in [-0.25, -0.2) is 9.18 Å². The van der Waals surface area contributed by atoms with Gasteiger partial charge in [-0.3, -0.25) is 14.4 Å². The highest BCUT2D eigenvalue weighted by Crippen LogP contribution is 2.33. The van der Waals surface area contributed by atoms with Gasteiger partial charge >= 0.3 is 5.97 Å². The summed E-state index contributed by atoms with van der Waals surface area (Å²) >= 11 is 0. The molecule has 0 aliphatic carbocycles. The molecule has 0 atom stereocenters. The Morgan fingerprint density at radius 1 is 1.38 bits per heavy atom. The number of aromatic nitrogens is 2. The molecule has 24 heavy (non-hydrogen) atoms. The average Bonchev–Trinajstić information content (AvgIpc) is 2.92. The Labute approximate surface area is 138 Å². The van der Waals surface area contributed by atoms with E-state index in [2.05, 4.69) is 5.10 Å². The van der Waals surface area contributed by atoms with Crippen LogP contribution in [0.5, 0.6) is 0 Å². The summed E-state index contributed by atoms with van der Waals surface area (Å²) in [4.78, 5) is 26.2. The smallest absolute Gasteiger partial charge is 0.358 e. The predicted molar refractivity (Wildman–Crippen MR) is 85.5 cm³/mol. The number of anilines is 1. The SMILES string of the molecule is CCOC(=O)c1cc2n(n1)CC(C)(C)N(c1ccccc1F)C2=O. The fraction of sp³-hybridized carbons (Fsp3) is 0.353. The maximum absolute atomic E-state index is 14.2. The second-order valence-electron chi connectivity index (χ2n) is 6.20. The van der Waals surface area contributed by atoms with Gasteiger partial charge in [0.25, 0.3) is 5.91 Å². The van der Waals surface area contributed by atoms with Gasteiger partial charge in [-0.05, 0) is 32.9 Å². The van der Waals surface area contributed by atoms with E-state index in [1.807, 2.05) is 13.8 Å². The molecule has 6 nitrogen and oxygen atoms in total. The minimum atomic E-state index is -0.704. The number of hydrogen-bond acceptors (Lipinski definition) is 4. The number of benzene rings is 1. The number of para-hydroxylation sites is 1. The first-order valence-corrected chi connectivity index (χ1v) is 7.69. The van der Waals surface area contributed by atoms with Gasteiger partial charge in [-0.1, -0.05) is 12.1 Å². The molecule has 3 rings (SSSR count). The van der Waals surface area contributed by atoms with Crippen LogP contribution in [0.4, 0.5) is 10.1 Å². The molecule has 0 bridgehead atoms. The van der Waals surface area contributed by atoms with Crippen LogP contribution in [-0.2, 0) is 11.3 Å². The van der Waals surface area contributed by atoms with E-state index in [0.29, 0.717) is 6.54 Å². The van der Waals surface area contributed by atoms with Crippen LogP contribution in [-0.4, -0.2) is 33.8 Å². The Morgan fingerprint density at radius 3 is 2.75 bits per heavy atom. The van der Waals surface area contributed by atoms with E-state index in [-0.39, 0.29) is 23.7 Å². The Hall–Kier alpha value is -2.70. The number of fused-ring (bicyclic) bond motifs is 1. The van der Waals surface area contributed by atoms with Gasteiger partial charge in [0.15, 0.2) is 5.69 Å². The zero-order valence-corrected chi connectivity index (χ0v) is 13.7. The zero-order chi connectivity index (χ0) is 17.5. The molecule has 7 heteroatoms. The highest BCUT2D eigenvalue weighted by Gasteiger charge is 2.41. The summed E-state index contributed by atoms with van der Waals surface area (Å²) < 4.78 is 20.6. The van der Waals surface area contributed by atoms with Crippen molar-refractivity contribution in [3.05, 3.63) is 47.5 Å². The van der Waals surface area contributed by atoms with Crippen LogP contribution in [0, 0.1) is 5.82 Å². The first-order chi connectivity index (χ1) is 11.3. The third kappa shape index (κ3) is 2.55. The summed E-state index contributed by atoms with van der Waals surface area (Å²) in [5.41, 5.74) is -0.186. The van der Waals surface area contributed by atoms with Crippen LogP contribution in [0.1, 0.15) is 41.7 Å². The predicted octanol–water partition coefficient (Wildman–Crippen LogP) is 2.64. The summed E-state index contributed by atoms with van der Waals surface area (Å²) in [7, 11) is 0. The summed E-state index contributed by atoms with van der Waals surface area (Å²) in [5, 5.41) is 4.17. The van der Waals surface area contributed by atoms with Crippen molar-refractivity contribution in [2.24, 2.45) is 0 Å². The lowest BCUT2D eigenvalue weighted by Gasteiger charge is -2.42. The van der Waals surface area contributed by atoms with E-state index in [4.69, 9.17) is 4.74 Å². The molecule has 2 aromatic rings. The van der Waals surface area contributed by atoms with Crippen molar-refractivity contribution in [3.8, 4) is 0 Å². The van der Waals surface area contributed by atoms with E-state index < -0.39 is 23.2 Å². The van der Waals surface area contributed by atoms with E-state index in [9.17, 15) is 14.0 Å². The molecule has 126 valence electrons. The standard InChI is InChI=1S/C17H18FN3O3/c1-4-24-16(23)12-9-14-15(22)21(13-8-6-5-7-11(13)18)17(2,3)10-20(14)19-12/h5-9H,4,10H2,1-3H3. The van der Waals surface area contributed by atoms with Gasteiger partial charge in [0.05, 0.1) is 24.4 Å². The van der Waals surface area contributed by atoms with E-state index in [1.165, 1.54) is 21.7 Å². The molecular weight excluding hydrogens is 313 g/mol. The number of amides is 1. The number of carbonyl (C=O) groups excluding carboxylic acids is 2. The first kappa shape index (κ1) is 16.2. The van der Waals surface area contributed by atoms with Crippen molar-refractivity contribution in [3.63, 3.8) is 0 Å². The van der Waals surface area contributed by atoms with Gasteiger partial charge < -0.3 is 4.74 Å². The van der Waals surface area contributed by atoms with Crippen molar-refractivity contribution < 1.29 is 18.7 Å². The molecule has 1 aromatic carbocycles. The molecule has 2 heterocycles. The monoisotopic (exact) mass is 331 g/mol. The van der Waals surface area contributed by atoms with Gasteiger partial charge in [-0.2, -0.15) is 5.10 Å². The number of halogens is 1. The second kappa shape index (κ2) is 5.74. The number of hydrogen-bond donors (Lipinski definition) is 0. The topological polar surface area (TPSA) is 64.4 Å². The molecule has 0 N–H and O–H groups in total. The minimum absolute atomic E-state index is 0.0754. The molecular formula is C17H18FN3O3. The Bertz CT molecular complexity index is 813. The Morgan fingerprint density at radius 2 is 2.08 bits per heavy atom. The number of nitrogens with zero attached hydrogens (tertiary/aromatic N) is 3. The van der Waals surface area contributed by atoms with Crippen LogP contribution < -0.4 is 4.90 Å². The van der Waals surface area contributed by atoms with E-state index in [1.54, 1.807) is 25.1 Å². The lowest BCUT2D eigenvalue weighted by atomic mass is 9.98. The summed E-state index contributed by atoms with van der Waals surface area (Å²) in [5.74, 6) is -1.46. The lowest BCUT2D eigenvalue weighted by Crippen LogP contribution is -2.55. The van der Waals surface area contributed by atoms with E-state index >= 15 is 0 Å². The fourth-order valence-electron chi connectivity index (χ4n) is 2.91. The molecule has 0 unspecified atom stereocenters. The van der Waals surface area contributed by atoms with E-state index in [0.717, 1.165) is 0 Å². The van der Waals surface area contributed by atoms with Gasteiger partial charge in [0.2, 0.25) is 0 Å². The van der Waals surface area contributed by atoms with Crippen LogP contribution in [0.15, 0.2) is 30.3 Å². The zero-order valence-electron chi connectivity index (χ0n) is 13.7. The largest absolute Gasteiger partial charge is 0.461 e. The van der Waals surface area contributed by atoms with Crippen molar-refractivity contribution in [2.75, 3.05) is 11.5 Å². The second-order valence-corrected chi connectivity index (χ2v) is 6.20. The molecule has 0 spiro atoms. The molecule has 0 fully saturated rings. The summed E-state index contributed by atoms with van der Waals surface area (Å²) in [6.07, 6.45) is 0. The lowest BCUT2D eigenvalue weighted by molar-refractivity contribution is 0.0517. The summed E-state index contributed by atoms with van der Waals surface area (Å²) in [6.45, 7) is 5.91. The fourth-order valence-corrected chi connectivity index (χ4v) is 2.91. The molecule has 0 radical (unpaired) electrons. The summed E-state index contributed by atoms with van der Waals surface area (Å²) in [6, 6.07) is 7.52. The molecule has 1 amide bonds. The molecule has 0 saturated carbocycles. The third-order valence-corrected chi connectivity index (χ3v) is 3.92. The Balaban J connectivity index is 2.06. The highest BCUT2D eigenvalue weighted by atomic mass is 19.1. The van der Waals surface area contributed by atoms with Crippen molar-refractivity contribution in [1.82, 2.24) is 9.78 Å². The van der Waals surface area contributed by atoms with Gasteiger partial charge in [-0.15, -0.1) is 0 Å². The number of carbonyl (C=O) groups is 2. The number of ether oxygens (including phenoxy) is 1. The van der Waals surface area contributed by atoms with Crippen molar-refractivity contribution >= 4 is 17.6 Å². The quantitative estimate of drug-likeness (QED) is 0.811. The molecule has 1 aliphatic rings. The number of esters is 1. The maximum atomic E-state index is 14.2. The average molecular weight is 331 g/mol. The van der Waals surface area contributed by atoms with Crippen LogP contribution >= 0.6 is 0 Å². The maximum Gasteiger partial charge on any atom is 0.358 e. The van der Waals surface area contributed by atoms with Crippen molar-refractivity contribution in [2.45, 2.75) is 32.9 Å². The van der Waals surface area contributed by atoms with Crippen LogP contribution in [0.2, 0.25) is 0 Å². The Kier molecular flexibility index (Phi) is 3.87. The molecule has 0 saturated heterocycles. The first-order valence-electron chi connectivity index (χ1n) is 7.69. The third-order valence-electron chi connectivity index (χ3n) is 3.92. The van der Waals surface area contributed by atoms with Crippen molar-refractivity contribution in [1.29, 1.82) is 0 Å². The van der Waals surface area contributed by atoms with Crippen LogP contribution in [0.3, 0.4) is 0 Å². The molecule has 1 aliphatic heterocycles. The number of rotatable bonds is 3. The van der Waals surface area contributed by atoms with Gasteiger partial charge in [0, 0.05) is 6.07 Å². The molecule has 1 aromatic heterocycles. The van der Waals surface area contributed by atoms with Gasteiger partial charge in [0.1, 0.15) is 11.5 Å². The minimum Gasteiger partial charge on any atom is -0.461 e. The highest BCUT2D eigenvalue weighted by molar-refractivity contribution is 6.07. The van der Waals surface area contributed by atoms with Crippen LogP contribution in [0.25, 0.3) is 0 Å².